The predicted molar refractivity (Wildman–Crippen MR) is 121 cm³/mol. The Morgan fingerprint density at radius 2 is 1.78 bits per heavy atom. The molecule has 1 saturated carbocycles. The Bertz CT molecular complexity index is 1040. The Kier molecular flexibility index (Phi) is 7.69. The van der Waals surface area contributed by atoms with E-state index in [4.69, 9.17) is 4.74 Å². The standard InChI is InChI=1S/C24H30N2O5S/c1-17-4-6-21(7-5-17)24(26(28)16-27)15-32(29,30)23-10-8-22(9-11-23)31-14-20-12-18(2)25-19(3)13-20/h8-13,16,21,24,28H,1,4-7,14-15H2,2-3H3. The third-order valence-electron chi connectivity index (χ3n) is 5.85. The zero-order chi connectivity index (χ0) is 23.3. The Hall–Kier alpha value is -2.71. The molecule has 1 amide bonds. The molecular weight excluding hydrogens is 428 g/mol. The zero-order valence-corrected chi connectivity index (χ0v) is 19.3. The van der Waals surface area contributed by atoms with E-state index in [1.165, 1.54) is 12.1 Å². The maximum atomic E-state index is 13.0. The van der Waals surface area contributed by atoms with Gasteiger partial charge in [0.25, 0.3) is 0 Å². The summed E-state index contributed by atoms with van der Waals surface area (Å²) in [6.45, 7) is 8.16. The molecule has 0 saturated heterocycles. The summed E-state index contributed by atoms with van der Waals surface area (Å²) in [5.74, 6) is 0.116. The maximum Gasteiger partial charge on any atom is 0.233 e. The molecular formula is C24H30N2O5S. The lowest BCUT2D eigenvalue weighted by Gasteiger charge is -2.33. The largest absolute Gasteiger partial charge is 0.489 e. The van der Waals surface area contributed by atoms with Crippen molar-refractivity contribution in [2.45, 2.75) is 57.1 Å². The van der Waals surface area contributed by atoms with Gasteiger partial charge in [-0.2, -0.15) is 0 Å². The molecule has 7 nitrogen and oxygen atoms in total. The summed E-state index contributed by atoms with van der Waals surface area (Å²) in [6, 6.07) is 9.32. The Morgan fingerprint density at radius 1 is 1.19 bits per heavy atom. The molecule has 0 radical (unpaired) electrons. The van der Waals surface area contributed by atoms with E-state index in [9.17, 15) is 18.4 Å². The second-order valence-electron chi connectivity index (χ2n) is 8.44. The van der Waals surface area contributed by atoms with Crippen molar-refractivity contribution in [1.29, 1.82) is 0 Å². The fourth-order valence-electron chi connectivity index (χ4n) is 4.18. The number of sulfone groups is 1. The number of carbonyl (C=O) groups excluding carboxylic acids is 1. The average Bonchev–Trinajstić information content (AvgIpc) is 2.76. The molecule has 1 aromatic carbocycles. The van der Waals surface area contributed by atoms with Crippen molar-refractivity contribution in [3.8, 4) is 5.75 Å². The molecule has 1 aliphatic rings. The Morgan fingerprint density at radius 3 is 2.34 bits per heavy atom. The van der Waals surface area contributed by atoms with Gasteiger partial charge < -0.3 is 4.74 Å². The SMILES string of the molecule is C=C1CCC(C(CS(=O)(=O)c2ccc(OCc3cc(C)nc(C)c3)cc2)N(O)C=O)CC1. The second kappa shape index (κ2) is 10.3. The fraction of sp³-hybridized carbons (Fsp3) is 0.417. The third kappa shape index (κ3) is 6.17. The number of hydrogen-bond acceptors (Lipinski definition) is 6. The van der Waals surface area contributed by atoms with Crippen LogP contribution in [0.4, 0.5) is 0 Å². The van der Waals surface area contributed by atoms with Crippen LogP contribution in [0.1, 0.15) is 42.6 Å². The number of allylic oxidation sites excluding steroid dienone is 1. The molecule has 1 unspecified atom stereocenters. The highest BCUT2D eigenvalue weighted by Gasteiger charge is 2.33. The zero-order valence-electron chi connectivity index (χ0n) is 18.5. The highest BCUT2D eigenvalue weighted by Crippen LogP contribution is 2.32. The first kappa shape index (κ1) is 23.9. The predicted octanol–water partition coefficient (Wildman–Crippen LogP) is 4.01. The molecule has 0 spiro atoms. The molecule has 2 aromatic rings. The van der Waals surface area contributed by atoms with Crippen molar-refractivity contribution in [2.75, 3.05) is 5.75 Å². The lowest BCUT2D eigenvalue weighted by atomic mass is 9.82. The maximum absolute atomic E-state index is 13.0. The van der Waals surface area contributed by atoms with Crippen LogP contribution < -0.4 is 4.74 Å². The van der Waals surface area contributed by atoms with Crippen molar-refractivity contribution in [3.05, 3.63) is 65.5 Å². The number of hydrogen-bond donors (Lipinski definition) is 1. The first-order valence-electron chi connectivity index (χ1n) is 10.7. The van der Waals surface area contributed by atoms with E-state index in [2.05, 4.69) is 11.6 Å². The van der Waals surface area contributed by atoms with Gasteiger partial charge in [0.2, 0.25) is 6.41 Å². The number of aromatic nitrogens is 1. The molecule has 1 atom stereocenters. The summed E-state index contributed by atoms with van der Waals surface area (Å²) in [5.41, 5.74) is 3.93. The van der Waals surface area contributed by atoms with E-state index in [1.54, 1.807) is 12.1 Å². The summed E-state index contributed by atoms with van der Waals surface area (Å²) >= 11 is 0. The quantitative estimate of drug-likeness (QED) is 0.264. The second-order valence-corrected chi connectivity index (χ2v) is 10.5. The minimum absolute atomic E-state index is 0.0969. The van der Waals surface area contributed by atoms with Crippen LogP contribution in [0.5, 0.6) is 5.75 Å². The Labute approximate surface area is 189 Å². The summed E-state index contributed by atoms with van der Waals surface area (Å²) in [7, 11) is -3.72. The third-order valence-corrected chi connectivity index (χ3v) is 7.62. The van der Waals surface area contributed by atoms with Gasteiger partial charge in [-0.25, -0.2) is 13.5 Å². The highest BCUT2D eigenvalue weighted by molar-refractivity contribution is 7.91. The molecule has 32 heavy (non-hydrogen) atoms. The lowest BCUT2D eigenvalue weighted by molar-refractivity contribution is -0.163. The minimum atomic E-state index is -3.72. The molecule has 1 aliphatic carbocycles. The molecule has 3 rings (SSSR count). The van der Waals surface area contributed by atoms with Crippen molar-refractivity contribution in [3.63, 3.8) is 0 Å². The van der Waals surface area contributed by atoms with Gasteiger partial charge in [-0.1, -0.05) is 12.2 Å². The van der Waals surface area contributed by atoms with Crippen LogP contribution in [0, 0.1) is 19.8 Å². The number of aryl methyl sites for hydroxylation is 2. The van der Waals surface area contributed by atoms with E-state index in [1.807, 2.05) is 26.0 Å². The molecule has 1 fully saturated rings. The first-order valence-corrected chi connectivity index (χ1v) is 12.3. The molecule has 1 aromatic heterocycles. The summed E-state index contributed by atoms with van der Waals surface area (Å²) in [4.78, 5) is 15.7. The average molecular weight is 459 g/mol. The van der Waals surface area contributed by atoms with Gasteiger partial charge in [-0.05, 0) is 87.4 Å². The van der Waals surface area contributed by atoms with E-state index in [0.29, 0.717) is 30.3 Å². The van der Waals surface area contributed by atoms with Gasteiger partial charge in [0.1, 0.15) is 12.4 Å². The van der Waals surface area contributed by atoms with Crippen LogP contribution in [0.15, 0.2) is 53.4 Å². The van der Waals surface area contributed by atoms with E-state index >= 15 is 0 Å². The van der Waals surface area contributed by atoms with Crippen LogP contribution in [0.3, 0.4) is 0 Å². The minimum Gasteiger partial charge on any atom is -0.489 e. The lowest BCUT2D eigenvalue weighted by Crippen LogP contribution is -2.43. The van der Waals surface area contributed by atoms with Gasteiger partial charge >= 0.3 is 0 Å². The smallest absolute Gasteiger partial charge is 0.233 e. The van der Waals surface area contributed by atoms with Gasteiger partial charge in [0.05, 0.1) is 16.7 Å². The molecule has 0 aliphatic heterocycles. The number of hydroxylamine groups is 2. The molecule has 1 heterocycles. The molecule has 0 bridgehead atoms. The summed E-state index contributed by atoms with van der Waals surface area (Å²) in [6.07, 6.45) is 3.23. The van der Waals surface area contributed by atoms with Crippen LogP contribution in [0.2, 0.25) is 0 Å². The topological polar surface area (TPSA) is 96.8 Å². The van der Waals surface area contributed by atoms with Crippen LogP contribution in [-0.4, -0.2) is 41.9 Å². The van der Waals surface area contributed by atoms with Crippen molar-refractivity contribution < 1.29 is 23.2 Å². The van der Waals surface area contributed by atoms with Gasteiger partial charge in [0, 0.05) is 11.4 Å². The van der Waals surface area contributed by atoms with Gasteiger partial charge in [0.15, 0.2) is 9.84 Å². The van der Waals surface area contributed by atoms with E-state index in [0.717, 1.165) is 35.4 Å². The fourth-order valence-corrected chi connectivity index (χ4v) is 5.79. The number of amides is 1. The van der Waals surface area contributed by atoms with Gasteiger partial charge in [-0.15, -0.1) is 0 Å². The van der Waals surface area contributed by atoms with E-state index in [-0.39, 0.29) is 23.0 Å². The molecule has 172 valence electrons. The highest BCUT2D eigenvalue weighted by atomic mass is 32.2. The van der Waals surface area contributed by atoms with Crippen molar-refractivity contribution >= 4 is 16.2 Å². The number of rotatable bonds is 9. The number of ether oxygens (including phenoxy) is 1. The van der Waals surface area contributed by atoms with E-state index < -0.39 is 15.9 Å². The van der Waals surface area contributed by atoms with Crippen LogP contribution >= 0.6 is 0 Å². The van der Waals surface area contributed by atoms with Gasteiger partial charge in [-0.3, -0.25) is 15.0 Å². The van der Waals surface area contributed by atoms with Crippen LogP contribution in [0.25, 0.3) is 0 Å². The van der Waals surface area contributed by atoms with Crippen molar-refractivity contribution in [2.24, 2.45) is 5.92 Å². The molecule has 1 N–H and O–H groups in total. The number of pyridine rings is 1. The van der Waals surface area contributed by atoms with Crippen molar-refractivity contribution in [1.82, 2.24) is 10.0 Å². The first-order chi connectivity index (χ1) is 15.2. The number of benzene rings is 1. The molecule has 8 heteroatoms. The Balaban J connectivity index is 1.68. The summed E-state index contributed by atoms with van der Waals surface area (Å²) < 4.78 is 31.8. The normalized spacial score (nSPS) is 15.9. The number of carbonyl (C=O) groups is 1. The summed E-state index contributed by atoms with van der Waals surface area (Å²) in [5, 5.41) is 10.6. The number of nitrogens with zero attached hydrogens (tertiary/aromatic N) is 2. The van der Waals surface area contributed by atoms with Crippen LogP contribution in [-0.2, 0) is 21.2 Å². The monoisotopic (exact) mass is 458 g/mol.